The summed E-state index contributed by atoms with van der Waals surface area (Å²) >= 11 is 0. The smallest absolute Gasteiger partial charge is 0.328 e. The summed E-state index contributed by atoms with van der Waals surface area (Å²) in [6, 6.07) is 5.79. The molecule has 7 heteroatoms. The van der Waals surface area contributed by atoms with E-state index in [2.05, 4.69) is 5.32 Å². The van der Waals surface area contributed by atoms with Gasteiger partial charge in [-0.25, -0.2) is 4.79 Å². The average molecular weight is 317 g/mol. The normalized spacial score (nSPS) is 12.6. The molecule has 0 bridgehead atoms. The SMILES string of the molecule is COC(=O)C(Cc1ccc(OC)cc1)NC(=O)C(C)N.Cl. The van der Waals surface area contributed by atoms with Gasteiger partial charge in [0.05, 0.1) is 20.3 Å². The van der Waals surface area contributed by atoms with Gasteiger partial charge in [-0.1, -0.05) is 12.1 Å². The van der Waals surface area contributed by atoms with Gasteiger partial charge in [-0.15, -0.1) is 12.4 Å². The molecule has 0 radical (unpaired) electrons. The molecule has 0 aliphatic heterocycles. The van der Waals surface area contributed by atoms with Crippen LogP contribution in [-0.2, 0) is 20.7 Å². The molecule has 6 nitrogen and oxygen atoms in total. The Kier molecular flexibility index (Phi) is 8.42. The van der Waals surface area contributed by atoms with Gasteiger partial charge < -0.3 is 20.5 Å². The number of carbonyl (C=O) groups is 2. The minimum Gasteiger partial charge on any atom is -0.497 e. The maximum absolute atomic E-state index is 11.7. The molecule has 0 fully saturated rings. The number of hydrogen-bond acceptors (Lipinski definition) is 5. The topological polar surface area (TPSA) is 90.6 Å². The average Bonchev–Trinajstić information content (AvgIpc) is 2.46. The summed E-state index contributed by atoms with van der Waals surface area (Å²) in [7, 11) is 2.86. The number of amides is 1. The summed E-state index contributed by atoms with van der Waals surface area (Å²) in [6.45, 7) is 1.55. The van der Waals surface area contributed by atoms with Crippen LogP contribution in [-0.4, -0.2) is 38.2 Å². The van der Waals surface area contributed by atoms with Crippen molar-refractivity contribution in [1.82, 2.24) is 5.32 Å². The number of ether oxygens (including phenoxy) is 2. The van der Waals surface area contributed by atoms with E-state index in [4.69, 9.17) is 15.2 Å². The molecule has 2 unspecified atom stereocenters. The molecule has 2 atom stereocenters. The number of nitrogens with two attached hydrogens (primary N) is 1. The van der Waals surface area contributed by atoms with Crippen molar-refractivity contribution in [3.8, 4) is 5.75 Å². The van der Waals surface area contributed by atoms with E-state index in [1.807, 2.05) is 12.1 Å². The largest absolute Gasteiger partial charge is 0.497 e. The lowest BCUT2D eigenvalue weighted by Crippen LogP contribution is -2.48. The van der Waals surface area contributed by atoms with Crippen LogP contribution in [0.4, 0.5) is 0 Å². The molecule has 0 saturated heterocycles. The van der Waals surface area contributed by atoms with Gasteiger partial charge >= 0.3 is 5.97 Å². The summed E-state index contributed by atoms with van der Waals surface area (Å²) < 4.78 is 9.75. The molecule has 0 heterocycles. The summed E-state index contributed by atoms with van der Waals surface area (Å²) in [5, 5.41) is 2.57. The zero-order valence-corrected chi connectivity index (χ0v) is 13.1. The minimum absolute atomic E-state index is 0. The number of benzene rings is 1. The number of hydrogen-bond donors (Lipinski definition) is 2. The van der Waals surface area contributed by atoms with E-state index in [1.54, 1.807) is 26.2 Å². The van der Waals surface area contributed by atoms with Gasteiger partial charge in [0.2, 0.25) is 5.91 Å². The van der Waals surface area contributed by atoms with E-state index in [0.29, 0.717) is 6.42 Å². The Hall–Kier alpha value is -1.79. The molecule has 1 aromatic rings. The quantitative estimate of drug-likeness (QED) is 0.753. The first kappa shape index (κ1) is 19.2. The Morgan fingerprint density at radius 2 is 1.81 bits per heavy atom. The Labute approximate surface area is 130 Å². The van der Waals surface area contributed by atoms with Gasteiger partial charge in [0.1, 0.15) is 11.8 Å². The Morgan fingerprint density at radius 3 is 2.24 bits per heavy atom. The van der Waals surface area contributed by atoms with Crippen LogP contribution in [0.15, 0.2) is 24.3 Å². The molecular formula is C14H21ClN2O4. The molecule has 1 rings (SSSR count). The Morgan fingerprint density at radius 1 is 1.24 bits per heavy atom. The maximum atomic E-state index is 11.7. The summed E-state index contributed by atoms with van der Waals surface area (Å²) in [5.74, 6) is -0.174. The molecular weight excluding hydrogens is 296 g/mol. The Balaban J connectivity index is 0.00000400. The zero-order valence-electron chi connectivity index (χ0n) is 12.3. The zero-order chi connectivity index (χ0) is 15.1. The molecule has 0 saturated carbocycles. The van der Waals surface area contributed by atoms with Crippen LogP contribution in [0.3, 0.4) is 0 Å². The first-order chi connectivity index (χ1) is 9.47. The van der Waals surface area contributed by atoms with Gasteiger partial charge in [-0.3, -0.25) is 4.79 Å². The monoisotopic (exact) mass is 316 g/mol. The fourth-order valence-electron chi connectivity index (χ4n) is 1.64. The maximum Gasteiger partial charge on any atom is 0.328 e. The number of rotatable bonds is 6. The number of nitrogens with one attached hydrogen (secondary N) is 1. The van der Waals surface area contributed by atoms with Crippen LogP contribution < -0.4 is 15.8 Å². The van der Waals surface area contributed by atoms with E-state index >= 15 is 0 Å². The van der Waals surface area contributed by atoms with E-state index in [9.17, 15) is 9.59 Å². The molecule has 1 amide bonds. The van der Waals surface area contributed by atoms with Crippen LogP contribution in [0.1, 0.15) is 12.5 Å². The third-order valence-electron chi connectivity index (χ3n) is 2.81. The van der Waals surface area contributed by atoms with Crippen LogP contribution in [0.25, 0.3) is 0 Å². The summed E-state index contributed by atoms with van der Waals surface area (Å²) in [6.07, 6.45) is 0.328. The molecule has 118 valence electrons. The van der Waals surface area contributed by atoms with Crippen LogP contribution in [0.2, 0.25) is 0 Å². The predicted octanol–water partition coefficient (Wildman–Crippen LogP) is 0.664. The van der Waals surface area contributed by atoms with Crippen molar-refractivity contribution in [2.75, 3.05) is 14.2 Å². The summed E-state index contributed by atoms with van der Waals surface area (Å²) in [4.78, 5) is 23.3. The second kappa shape index (κ2) is 9.20. The van der Waals surface area contributed by atoms with Crippen LogP contribution in [0, 0.1) is 0 Å². The van der Waals surface area contributed by atoms with Crippen molar-refractivity contribution in [3.05, 3.63) is 29.8 Å². The van der Waals surface area contributed by atoms with Crippen molar-refractivity contribution in [3.63, 3.8) is 0 Å². The number of carbonyl (C=O) groups excluding carboxylic acids is 2. The minimum atomic E-state index is -0.758. The van der Waals surface area contributed by atoms with Crippen molar-refractivity contribution in [1.29, 1.82) is 0 Å². The highest BCUT2D eigenvalue weighted by Gasteiger charge is 2.23. The highest BCUT2D eigenvalue weighted by Crippen LogP contribution is 2.13. The lowest BCUT2D eigenvalue weighted by Gasteiger charge is -2.18. The van der Waals surface area contributed by atoms with E-state index in [-0.39, 0.29) is 12.4 Å². The second-order valence-electron chi connectivity index (χ2n) is 4.43. The fourth-order valence-corrected chi connectivity index (χ4v) is 1.64. The fraction of sp³-hybridized carbons (Fsp3) is 0.429. The van der Waals surface area contributed by atoms with Crippen molar-refractivity contribution >= 4 is 24.3 Å². The Bertz CT molecular complexity index is 463. The van der Waals surface area contributed by atoms with Gasteiger partial charge in [-0.2, -0.15) is 0 Å². The standard InChI is InChI=1S/C14H20N2O4.ClH/c1-9(15)13(17)16-12(14(18)20-3)8-10-4-6-11(19-2)7-5-10;/h4-7,9,12H,8,15H2,1-3H3,(H,16,17);1H. The number of methoxy groups -OCH3 is 2. The lowest BCUT2D eigenvalue weighted by atomic mass is 10.1. The van der Waals surface area contributed by atoms with Gasteiger partial charge in [0.25, 0.3) is 0 Å². The van der Waals surface area contributed by atoms with Crippen molar-refractivity contribution in [2.24, 2.45) is 5.73 Å². The van der Waals surface area contributed by atoms with E-state index in [0.717, 1.165) is 11.3 Å². The first-order valence-corrected chi connectivity index (χ1v) is 6.24. The first-order valence-electron chi connectivity index (χ1n) is 6.24. The third-order valence-corrected chi connectivity index (χ3v) is 2.81. The van der Waals surface area contributed by atoms with Crippen molar-refractivity contribution < 1.29 is 19.1 Å². The van der Waals surface area contributed by atoms with E-state index < -0.39 is 24.0 Å². The number of esters is 1. The third kappa shape index (κ3) is 6.01. The molecule has 1 aromatic carbocycles. The molecule has 3 N–H and O–H groups in total. The molecule has 0 aromatic heterocycles. The van der Waals surface area contributed by atoms with Gasteiger partial charge in [0, 0.05) is 6.42 Å². The van der Waals surface area contributed by atoms with Crippen LogP contribution >= 0.6 is 12.4 Å². The van der Waals surface area contributed by atoms with Gasteiger partial charge in [-0.05, 0) is 24.6 Å². The highest BCUT2D eigenvalue weighted by atomic mass is 35.5. The molecule has 0 aliphatic rings. The highest BCUT2D eigenvalue weighted by molar-refractivity contribution is 5.87. The van der Waals surface area contributed by atoms with Gasteiger partial charge in [0.15, 0.2) is 0 Å². The van der Waals surface area contributed by atoms with Crippen LogP contribution in [0.5, 0.6) is 5.75 Å². The predicted molar refractivity (Wildman–Crippen MR) is 81.5 cm³/mol. The van der Waals surface area contributed by atoms with Crippen molar-refractivity contribution in [2.45, 2.75) is 25.4 Å². The van der Waals surface area contributed by atoms with E-state index in [1.165, 1.54) is 7.11 Å². The molecule has 21 heavy (non-hydrogen) atoms. The number of halogens is 1. The molecule has 0 aliphatic carbocycles. The summed E-state index contributed by atoms with van der Waals surface area (Å²) in [5.41, 5.74) is 6.36. The lowest BCUT2D eigenvalue weighted by molar-refractivity contribution is -0.145. The molecule has 0 spiro atoms. The second-order valence-corrected chi connectivity index (χ2v) is 4.43.